The predicted molar refractivity (Wildman–Crippen MR) is 59.7 cm³/mol. The van der Waals surface area contributed by atoms with Crippen molar-refractivity contribution >= 4 is 37.4 Å². The molecule has 23 heavy (non-hydrogen) atoms. The minimum Gasteiger partial charge on any atom is -0.759 e. The molecule has 0 aromatic carbocycles. The van der Waals surface area contributed by atoms with Crippen LogP contribution in [0, 0.1) is 5.41 Å². The van der Waals surface area contributed by atoms with Crippen LogP contribution in [0.5, 0.6) is 0 Å². The zero-order valence-corrected chi connectivity index (χ0v) is 15.5. The molecular formula is C5H11Co2NO12S3. The third-order valence-corrected chi connectivity index (χ3v) is 0.702. The first-order valence-electron chi connectivity index (χ1n) is 4.40. The molecule has 0 spiro atoms. The van der Waals surface area contributed by atoms with E-state index in [1.165, 1.54) is 19.1 Å². The maximum Gasteiger partial charge on any atom is 3.00 e. The molecule has 18 heteroatoms. The molecule has 0 aromatic rings. The zero-order valence-electron chi connectivity index (χ0n) is 11.0. The summed E-state index contributed by atoms with van der Waals surface area (Å²) in [4.78, 5) is 0. The summed E-state index contributed by atoms with van der Waals surface area (Å²) < 4.78 is 102. The molecule has 0 rings (SSSR count). The first-order chi connectivity index (χ1) is 8.91. The Labute approximate surface area is 154 Å². The molecule has 0 saturated heterocycles. The van der Waals surface area contributed by atoms with E-state index in [0.717, 1.165) is 6.42 Å². The molecular weight excluding hydrogens is 480 g/mol. The molecule has 144 valence electrons. The Kier molecular flexibility index (Phi) is 34.2. The Bertz CT molecular complexity index is 446. The Hall–Kier alpha value is 0.293. The van der Waals surface area contributed by atoms with Gasteiger partial charge >= 0.3 is 33.6 Å². The van der Waals surface area contributed by atoms with Gasteiger partial charge in [0, 0.05) is 31.2 Å². The topological polar surface area (TPSA) is 265 Å². The van der Waals surface area contributed by atoms with Crippen LogP contribution in [0.2, 0.25) is 0 Å². The van der Waals surface area contributed by atoms with Gasteiger partial charge in [-0.2, -0.15) is 0 Å². The average molecular weight is 491 g/mol. The van der Waals surface area contributed by atoms with Crippen molar-refractivity contribution in [3.05, 3.63) is 0 Å². The maximum atomic E-state index is 8.52. The van der Waals surface area contributed by atoms with Gasteiger partial charge in [-0.15, -0.1) is 0 Å². The van der Waals surface area contributed by atoms with Crippen LogP contribution in [0.15, 0.2) is 0 Å². The molecule has 0 amide bonds. The molecule has 0 atom stereocenters. The number of rotatable bonds is 3. The van der Waals surface area contributed by atoms with E-state index in [4.69, 9.17) is 58.0 Å². The smallest absolute Gasteiger partial charge is 0.759 e. The number of nitrogens with one attached hydrogen (secondary N) is 1. The molecule has 0 fully saturated rings. The molecule has 13 nitrogen and oxygen atoms in total. The van der Waals surface area contributed by atoms with E-state index in [9.17, 15) is 0 Å². The van der Waals surface area contributed by atoms with Crippen molar-refractivity contribution < 1.29 is 86.1 Å². The number of hydrogen-bond donors (Lipinski definition) is 1. The van der Waals surface area contributed by atoms with Crippen molar-refractivity contribution in [2.24, 2.45) is 0 Å². The van der Waals surface area contributed by atoms with Gasteiger partial charge in [-0.05, 0) is 19.1 Å². The zero-order chi connectivity index (χ0) is 18.3. The second-order valence-electron chi connectivity index (χ2n) is 2.57. The summed E-state index contributed by atoms with van der Waals surface area (Å²) in [5, 5.41) is 6.58. The first-order valence-corrected chi connectivity index (χ1v) is 8.40. The molecule has 0 radical (unpaired) electrons. The third kappa shape index (κ3) is 847. The normalized spacial score (nSPS) is 9.70. The van der Waals surface area contributed by atoms with E-state index in [1.54, 1.807) is 0 Å². The van der Waals surface area contributed by atoms with E-state index < -0.39 is 31.2 Å². The van der Waals surface area contributed by atoms with Gasteiger partial charge in [-0.1, -0.05) is 13.3 Å². The Balaban J connectivity index is -0.0000000408. The van der Waals surface area contributed by atoms with Gasteiger partial charge in [0.25, 0.3) is 0 Å². The summed E-state index contributed by atoms with van der Waals surface area (Å²) in [5.41, 5.74) is 0. The number of unbranched alkanes of at least 4 members (excludes halogenated alkanes) is 2. The molecule has 0 aliphatic rings. The molecule has 0 bridgehead atoms. The van der Waals surface area contributed by atoms with Gasteiger partial charge in [0.15, 0.2) is 0 Å². The summed E-state index contributed by atoms with van der Waals surface area (Å²) in [5.74, 6) is 0. The number of hydrogen-bond acceptors (Lipinski definition) is 13. The minimum absolute atomic E-state index is 0. The monoisotopic (exact) mass is 491 g/mol. The van der Waals surface area contributed by atoms with Crippen LogP contribution in [0.3, 0.4) is 0 Å². The summed E-state index contributed by atoms with van der Waals surface area (Å²) in [6, 6.07) is 0. The maximum absolute atomic E-state index is 8.52. The van der Waals surface area contributed by atoms with E-state index in [0.29, 0.717) is 0 Å². The second-order valence-corrected chi connectivity index (χ2v) is 5.02. The standard InChI is InChI=1S/C5H11N.2Co.3H2O4S/c1-2-3-4-5-6;;;3*1-5(2,3)4/h5-6H,2-4H2,1H3;;;3*(H2,1,2,3,4)/q;2*+3;;;/p-6. The van der Waals surface area contributed by atoms with Crippen LogP contribution in [-0.2, 0) is 64.8 Å². The fraction of sp³-hybridized carbons (Fsp3) is 0.800. The van der Waals surface area contributed by atoms with Crippen LogP contribution >= 0.6 is 0 Å². The first kappa shape index (κ1) is 38.7. The van der Waals surface area contributed by atoms with Crippen LogP contribution in [-0.4, -0.2) is 58.8 Å². The fourth-order valence-electron chi connectivity index (χ4n) is 0.306. The fourth-order valence-corrected chi connectivity index (χ4v) is 0.306. The van der Waals surface area contributed by atoms with Crippen molar-refractivity contribution in [2.45, 2.75) is 26.2 Å². The predicted octanol–water partition coefficient (Wildman–Crippen LogP) is -2.19. The van der Waals surface area contributed by atoms with Crippen LogP contribution in [0.1, 0.15) is 26.2 Å². The van der Waals surface area contributed by atoms with Crippen LogP contribution in [0.4, 0.5) is 0 Å². The summed E-state index contributed by atoms with van der Waals surface area (Å²) in [6.07, 6.45) is 4.79. The van der Waals surface area contributed by atoms with Crippen molar-refractivity contribution in [3.63, 3.8) is 0 Å². The molecule has 0 aromatic heterocycles. The van der Waals surface area contributed by atoms with Gasteiger partial charge in [0.1, 0.15) is 0 Å². The van der Waals surface area contributed by atoms with Gasteiger partial charge in [0.2, 0.25) is 0 Å². The second kappa shape index (κ2) is 20.3. The summed E-state index contributed by atoms with van der Waals surface area (Å²) in [7, 11) is -15.5. The van der Waals surface area contributed by atoms with E-state index in [2.05, 4.69) is 6.92 Å². The molecule has 0 saturated carbocycles. The molecule has 0 aliphatic heterocycles. The van der Waals surface area contributed by atoms with Crippen molar-refractivity contribution in [3.8, 4) is 0 Å². The van der Waals surface area contributed by atoms with Crippen LogP contribution in [0.25, 0.3) is 0 Å². The van der Waals surface area contributed by atoms with Crippen molar-refractivity contribution in [1.29, 1.82) is 5.41 Å². The molecule has 0 unspecified atom stereocenters. The van der Waals surface area contributed by atoms with Gasteiger partial charge in [0.05, 0.1) is 0 Å². The molecule has 1 N–H and O–H groups in total. The largest absolute Gasteiger partial charge is 3.00 e. The van der Waals surface area contributed by atoms with E-state index in [-0.39, 0.29) is 33.6 Å². The SMILES string of the molecule is CCCCC=N.O=S(=O)([O-])[O-].O=S(=O)([O-])[O-].O=S(=O)([O-])[O-].[Co+3].[Co+3]. The Morgan fingerprint density at radius 2 is 0.913 bits per heavy atom. The van der Waals surface area contributed by atoms with Crippen molar-refractivity contribution in [1.82, 2.24) is 0 Å². The third-order valence-electron chi connectivity index (χ3n) is 0.702. The molecule has 0 aliphatic carbocycles. The van der Waals surface area contributed by atoms with Crippen molar-refractivity contribution in [2.75, 3.05) is 0 Å². The van der Waals surface area contributed by atoms with Gasteiger partial charge in [-0.25, -0.2) is 0 Å². The van der Waals surface area contributed by atoms with Crippen LogP contribution < -0.4 is 0 Å². The van der Waals surface area contributed by atoms with E-state index >= 15 is 0 Å². The Morgan fingerprint density at radius 1 is 0.739 bits per heavy atom. The summed E-state index contributed by atoms with van der Waals surface area (Å²) >= 11 is 0. The minimum atomic E-state index is -5.17. The average Bonchev–Trinajstić information content (AvgIpc) is 2.06. The Morgan fingerprint density at radius 3 is 0.957 bits per heavy atom. The van der Waals surface area contributed by atoms with Gasteiger partial charge < -0.3 is 32.7 Å². The summed E-state index contributed by atoms with van der Waals surface area (Å²) in [6.45, 7) is 2.13. The van der Waals surface area contributed by atoms with Gasteiger partial charge in [-0.3, -0.25) is 25.3 Å². The van der Waals surface area contributed by atoms with E-state index in [1.807, 2.05) is 0 Å². The molecule has 0 heterocycles. The quantitative estimate of drug-likeness (QED) is 0.191.